The molecular weight excluding hydrogens is 495 g/mol. The van der Waals surface area contributed by atoms with Crippen LogP contribution in [0, 0.1) is 0 Å². The number of benzene rings is 2. The highest BCUT2D eigenvalue weighted by Gasteiger charge is 2.57. The van der Waals surface area contributed by atoms with Crippen LogP contribution in [0.15, 0.2) is 66.9 Å². The Hall–Kier alpha value is -4.94. The van der Waals surface area contributed by atoms with Crippen LogP contribution < -0.4 is 5.32 Å². The van der Waals surface area contributed by atoms with Gasteiger partial charge in [0.15, 0.2) is 0 Å². The Morgan fingerprint density at radius 3 is 2.57 bits per heavy atom. The number of aromatic nitrogens is 3. The molecule has 1 aliphatic rings. The molecule has 1 atom stereocenters. The van der Waals surface area contributed by atoms with Gasteiger partial charge in [0.05, 0.1) is 23.3 Å². The first-order chi connectivity index (χ1) is 17.6. The number of hydrogen-bond donors (Lipinski definition) is 3. The lowest BCUT2D eigenvalue weighted by atomic mass is 9.93. The van der Waals surface area contributed by atoms with Crippen LogP contribution in [0.1, 0.15) is 27.2 Å². The van der Waals surface area contributed by atoms with Gasteiger partial charge in [0.25, 0.3) is 5.91 Å². The van der Waals surface area contributed by atoms with Gasteiger partial charge in [-0.2, -0.15) is 13.2 Å². The van der Waals surface area contributed by atoms with Gasteiger partial charge in [-0.15, -0.1) is 0 Å². The summed E-state index contributed by atoms with van der Waals surface area (Å²) in [5.41, 5.74) is -1.44. The molecule has 0 spiro atoms. The van der Waals surface area contributed by atoms with E-state index in [0.29, 0.717) is 11.2 Å². The first kappa shape index (κ1) is 23.8. The molecule has 4 aromatic rings. The number of carbonyl (C=O) groups is 3. The Balaban J connectivity index is 1.74. The van der Waals surface area contributed by atoms with Crippen molar-refractivity contribution >= 4 is 35.0 Å². The minimum atomic E-state index is -5.36. The number of ether oxygens (including phenoxy) is 1. The third-order valence-electron chi connectivity index (χ3n) is 5.77. The van der Waals surface area contributed by atoms with Crippen LogP contribution in [0.3, 0.4) is 0 Å². The Kier molecular flexibility index (Phi) is 5.54. The molecule has 1 unspecified atom stereocenters. The van der Waals surface area contributed by atoms with Crippen LogP contribution in [0.5, 0.6) is 0 Å². The molecule has 1 aliphatic heterocycles. The number of alkyl halides is 3. The van der Waals surface area contributed by atoms with Crippen molar-refractivity contribution < 1.29 is 37.4 Å². The zero-order valence-corrected chi connectivity index (χ0v) is 18.6. The SMILES string of the molecule is O=C(O)Nc1nc2cc(C3(OC(=O)C(F)(F)F)c4ccccc4C(=O)N3Cc3ccccn3)ccc2[nH]1. The van der Waals surface area contributed by atoms with Gasteiger partial charge in [0.1, 0.15) is 0 Å². The molecule has 0 saturated carbocycles. The number of imidazole rings is 1. The Morgan fingerprint density at radius 1 is 1.11 bits per heavy atom. The molecule has 3 heterocycles. The van der Waals surface area contributed by atoms with E-state index in [-0.39, 0.29) is 34.7 Å². The van der Waals surface area contributed by atoms with Crippen molar-refractivity contribution in [3.05, 3.63) is 89.2 Å². The number of nitrogens with zero attached hydrogens (tertiary/aromatic N) is 3. The molecule has 37 heavy (non-hydrogen) atoms. The third kappa shape index (κ3) is 4.09. The van der Waals surface area contributed by atoms with Crippen molar-refractivity contribution in [2.45, 2.75) is 18.4 Å². The molecule has 0 saturated heterocycles. The summed E-state index contributed by atoms with van der Waals surface area (Å²) in [6.45, 7) is -0.288. The van der Waals surface area contributed by atoms with Crippen LogP contribution in [0.4, 0.5) is 23.9 Å². The summed E-state index contributed by atoms with van der Waals surface area (Å²) in [7, 11) is 0. The highest BCUT2D eigenvalue weighted by Crippen LogP contribution is 2.47. The maximum Gasteiger partial charge on any atom is 0.491 e. The van der Waals surface area contributed by atoms with E-state index in [1.165, 1.54) is 48.7 Å². The first-order valence-electron chi connectivity index (χ1n) is 10.7. The molecule has 2 aromatic carbocycles. The molecule has 0 bridgehead atoms. The van der Waals surface area contributed by atoms with Gasteiger partial charge in [0.2, 0.25) is 11.7 Å². The molecule has 2 amide bonds. The largest absolute Gasteiger partial charge is 0.491 e. The molecule has 13 heteroatoms. The van der Waals surface area contributed by atoms with Crippen LogP contribution in [-0.4, -0.2) is 49.1 Å². The molecule has 3 N–H and O–H groups in total. The predicted octanol–water partition coefficient (Wildman–Crippen LogP) is 4.01. The van der Waals surface area contributed by atoms with Crippen LogP contribution in [-0.2, 0) is 21.8 Å². The topological polar surface area (TPSA) is 138 Å². The summed E-state index contributed by atoms with van der Waals surface area (Å²) >= 11 is 0. The number of pyridine rings is 1. The van der Waals surface area contributed by atoms with Gasteiger partial charge in [-0.1, -0.05) is 30.3 Å². The van der Waals surface area contributed by atoms with E-state index in [4.69, 9.17) is 9.84 Å². The maximum absolute atomic E-state index is 13.5. The van der Waals surface area contributed by atoms with Crippen LogP contribution in [0.2, 0.25) is 0 Å². The zero-order chi connectivity index (χ0) is 26.4. The number of H-pyrrole nitrogens is 1. The summed E-state index contributed by atoms with van der Waals surface area (Å²) in [4.78, 5) is 48.8. The van der Waals surface area contributed by atoms with Crippen LogP contribution >= 0.6 is 0 Å². The number of carbonyl (C=O) groups excluding carboxylic acids is 2. The zero-order valence-electron chi connectivity index (χ0n) is 18.6. The Labute approximate surface area is 205 Å². The third-order valence-corrected chi connectivity index (χ3v) is 5.77. The molecule has 0 radical (unpaired) electrons. The lowest BCUT2D eigenvalue weighted by Gasteiger charge is -2.38. The average Bonchev–Trinajstić information content (AvgIpc) is 3.35. The minimum Gasteiger partial charge on any atom is -0.465 e. The number of nitrogens with one attached hydrogen (secondary N) is 2. The molecule has 2 aromatic heterocycles. The predicted molar refractivity (Wildman–Crippen MR) is 121 cm³/mol. The summed E-state index contributed by atoms with van der Waals surface area (Å²) in [6.07, 6.45) is -5.29. The quantitative estimate of drug-likeness (QED) is 0.344. The molecule has 5 rings (SSSR count). The van der Waals surface area contributed by atoms with E-state index >= 15 is 0 Å². The van der Waals surface area contributed by atoms with Crippen molar-refractivity contribution in [1.29, 1.82) is 0 Å². The number of anilines is 1. The summed E-state index contributed by atoms with van der Waals surface area (Å²) < 4.78 is 45.8. The van der Waals surface area contributed by atoms with Crippen LogP contribution in [0.25, 0.3) is 11.0 Å². The van der Waals surface area contributed by atoms with Gasteiger partial charge in [-0.3, -0.25) is 20.0 Å². The van der Waals surface area contributed by atoms with Crippen molar-refractivity contribution in [3.63, 3.8) is 0 Å². The number of esters is 1. The summed E-state index contributed by atoms with van der Waals surface area (Å²) in [5.74, 6) is -3.31. The maximum atomic E-state index is 13.5. The van der Waals surface area contributed by atoms with E-state index in [9.17, 15) is 27.6 Å². The van der Waals surface area contributed by atoms with Crippen molar-refractivity contribution in [2.24, 2.45) is 0 Å². The van der Waals surface area contributed by atoms with E-state index in [1.54, 1.807) is 18.2 Å². The van der Waals surface area contributed by atoms with E-state index in [1.807, 2.05) is 0 Å². The molecule has 0 aliphatic carbocycles. The second-order valence-electron chi connectivity index (χ2n) is 8.04. The summed E-state index contributed by atoms with van der Waals surface area (Å²) in [6, 6.07) is 14.9. The lowest BCUT2D eigenvalue weighted by molar-refractivity contribution is -0.222. The molecule has 0 fully saturated rings. The highest BCUT2D eigenvalue weighted by molar-refractivity contribution is 6.01. The summed E-state index contributed by atoms with van der Waals surface area (Å²) in [5, 5.41) is 11.0. The lowest BCUT2D eigenvalue weighted by Crippen LogP contribution is -2.49. The van der Waals surface area contributed by atoms with E-state index < -0.39 is 29.9 Å². The standard InChI is InChI=1S/C24H16F3N5O5/c25-24(26,27)20(34)37-23(13-8-9-17-18(11-13)30-21(29-17)31-22(35)36)16-7-2-1-6-15(16)19(33)32(23)12-14-5-3-4-10-28-14/h1-11H,12H2,(H,35,36)(H2,29,30,31). The van der Waals surface area contributed by atoms with Gasteiger partial charge in [0, 0.05) is 22.9 Å². The van der Waals surface area contributed by atoms with Crippen molar-refractivity contribution in [2.75, 3.05) is 5.32 Å². The normalized spacial score (nSPS) is 17.1. The number of amides is 2. The number of hydrogen-bond acceptors (Lipinski definition) is 6. The fraction of sp³-hybridized carbons (Fsp3) is 0.125. The van der Waals surface area contributed by atoms with Gasteiger partial charge in [-0.25, -0.2) is 14.6 Å². The second kappa shape index (κ2) is 8.62. The monoisotopic (exact) mass is 511 g/mol. The number of aromatic amines is 1. The second-order valence-corrected chi connectivity index (χ2v) is 8.04. The number of rotatable bonds is 5. The van der Waals surface area contributed by atoms with E-state index in [2.05, 4.69) is 20.3 Å². The fourth-order valence-electron chi connectivity index (χ4n) is 4.29. The number of fused-ring (bicyclic) bond motifs is 2. The molecule has 10 nitrogen and oxygen atoms in total. The van der Waals surface area contributed by atoms with Gasteiger partial charge in [-0.05, 0) is 30.3 Å². The first-order valence-corrected chi connectivity index (χ1v) is 10.7. The van der Waals surface area contributed by atoms with Gasteiger partial charge >= 0.3 is 18.2 Å². The number of halogens is 3. The molecule has 188 valence electrons. The number of carboxylic acid groups (broad SMARTS) is 1. The fourth-order valence-corrected chi connectivity index (χ4v) is 4.29. The van der Waals surface area contributed by atoms with Gasteiger partial charge < -0.3 is 14.8 Å². The smallest absolute Gasteiger partial charge is 0.465 e. The average molecular weight is 511 g/mol. The van der Waals surface area contributed by atoms with E-state index in [0.717, 1.165) is 4.90 Å². The van der Waals surface area contributed by atoms with Crippen molar-refractivity contribution in [3.8, 4) is 0 Å². The Bertz CT molecular complexity index is 1540. The minimum absolute atomic E-state index is 0.0137. The molecular formula is C24H16F3N5O5. The Morgan fingerprint density at radius 2 is 1.86 bits per heavy atom. The van der Waals surface area contributed by atoms with Crippen molar-refractivity contribution in [1.82, 2.24) is 19.9 Å². The highest BCUT2D eigenvalue weighted by atomic mass is 19.4.